The molecule has 0 bridgehead atoms. The van der Waals surface area contributed by atoms with Crippen molar-refractivity contribution in [2.24, 2.45) is 0 Å². The number of nitrogens with zero attached hydrogens (tertiary/aromatic N) is 5. The quantitative estimate of drug-likeness (QED) is 0.370. The third-order valence-electron chi connectivity index (χ3n) is 5.67. The standard InChI is InChI=1S/C22H20ClF2N7O3/c23-12-2-3-18(35-22(24)25)13(8-12)19-15(11-32(30-19)16-4-6-26-10-17(16)33)29-21(34)14-9-28-31-7-1-5-27-20(14)31/h1-3,5,7-9,11,16-17,22,26,33H,4,6,10H2,(H,29,34)/t16-,17-/m1/s1. The van der Waals surface area contributed by atoms with Crippen molar-refractivity contribution < 1.29 is 23.4 Å². The van der Waals surface area contributed by atoms with Gasteiger partial charge in [-0.15, -0.1) is 0 Å². The molecule has 3 aromatic heterocycles. The van der Waals surface area contributed by atoms with Crippen molar-refractivity contribution in [3.8, 4) is 17.0 Å². The first-order valence-electron chi connectivity index (χ1n) is 10.7. The summed E-state index contributed by atoms with van der Waals surface area (Å²) in [5, 5.41) is 25.3. The highest BCUT2D eigenvalue weighted by atomic mass is 35.5. The summed E-state index contributed by atoms with van der Waals surface area (Å²) in [6.45, 7) is -2.05. The summed E-state index contributed by atoms with van der Waals surface area (Å²) in [4.78, 5) is 17.4. The Morgan fingerprint density at radius 1 is 1.37 bits per heavy atom. The van der Waals surface area contributed by atoms with E-state index in [1.807, 2.05) is 0 Å². The number of aliphatic hydroxyl groups is 1. The van der Waals surface area contributed by atoms with Crippen LogP contribution in [-0.4, -0.2) is 61.2 Å². The van der Waals surface area contributed by atoms with Gasteiger partial charge in [0.15, 0.2) is 5.65 Å². The van der Waals surface area contributed by atoms with E-state index in [0.29, 0.717) is 25.2 Å². The number of aromatic nitrogens is 5. The molecule has 4 heterocycles. The van der Waals surface area contributed by atoms with E-state index in [9.17, 15) is 18.7 Å². The van der Waals surface area contributed by atoms with Crippen molar-refractivity contribution in [3.63, 3.8) is 0 Å². The van der Waals surface area contributed by atoms with Gasteiger partial charge in [-0.25, -0.2) is 9.50 Å². The van der Waals surface area contributed by atoms with E-state index in [2.05, 4.69) is 30.6 Å². The number of amides is 1. The zero-order valence-electron chi connectivity index (χ0n) is 18.1. The van der Waals surface area contributed by atoms with Crippen molar-refractivity contribution >= 4 is 28.8 Å². The predicted molar refractivity (Wildman–Crippen MR) is 123 cm³/mol. The highest BCUT2D eigenvalue weighted by Crippen LogP contribution is 2.38. The molecule has 1 amide bonds. The van der Waals surface area contributed by atoms with Crippen LogP contribution in [0, 0.1) is 0 Å². The third kappa shape index (κ3) is 4.67. The maximum Gasteiger partial charge on any atom is 0.387 e. The number of aliphatic hydroxyl groups excluding tert-OH is 1. The van der Waals surface area contributed by atoms with Crippen LogP contribution < -0.4 is 15.4 Å². The number of piperidine rings is 1. The minimum atomic E-state index is -3.08. The van der Waals surface area contributed by atoms with Gasteiger partial charge in [0.2, 0.25) is 0 Å². The van der Waals surface area contributed by atoms with E-state index in [0.717, 1.165) is 0 Å². The molecule has 1 aliphatic heterocycles. The first-order valence-corrected chi connectivity index (χ1v) is 11.1. The van der Waals surface area contributed by atoms with E-state index in [-0.39, 0.29) is 33.3 Å². The maximum atomic E-state index is 13.2. The monoisotopic (exact) mass is 503 g/mol. The van der Waals surface area contributed by atoms with Crippen LogP contribution >= 0.6 is 11.6 Å². The van der Waals surface area contributed by atoms with Crippen LogP contribution in [0.3, 0.4) is 0 Å². The Hall–Kier alpha value is -3.61. The molecule has 0 saturated carbocycles. The Bertz CT molecular complexity index is 1380. The number of β-amino-alcohol motifs (C(OH)–C–C–N with tert-alkyl or cyclic N) is 1. The lowest BCUT2D eigenvalue weighted by atomic mass is 10.0. The van der Waals surface area contributed by atoms with Crippen molar-refractivity contribution in [1.29, 1.82) is 0 Å². The molecule has 0 unspecified atom stereocenters. The molecule has 1 fully saturated rings. The van der Waals surface area contributed by atoms with Gasteiger partial charge in [-0.05, 0) is 37.2 Å². The molecule has 1 aromatic carbocycles. The van der Waals surface area contributed by atoms with Crippen molar-refractivity contribution in [3.05, 3.63) is 59.6 Å². The average molecular weight is 504 g/mol. The van der Waals surface area contributed by atoms with Crippen molar-refractivity contribution in [1.82, 2.24) is 29.7 Å². The Morgan fingerprint density at radius 2 is 2.23 bits per heavy atom. The number of alkyl halides is 2. The molecule has 2 atom stereocenters. The number of hydrogen-bond donors (Lipinski definition) is 3. The number of fused-ring (bicyclic) bond motifs is 1. The second kappa shape index (κ2) is 9.56. The molecule has 10 nitrogen and oxygen atoms in total. The van der Waals surface area contributed by atoms with Gasteiger partial charge in [-0.3, -0.25) is 9.48 Å². The summed E-state index contributed by atoms with van der Waals surface area (Å²) in [5.41, 5.74) is 1.09. The predicted octanol–water partition coefficient (Wildman–Crippen LogP) is 3.00. The van der Waals surface area contributed by atoms with Gasteiger partial charge < -0.3 is 20.5 Å². The zero-order chi connectivity index (χ0) is 24.5. The molecule has 3 N–H and O–H groups in total. The molecule has 4 aromatic rings. The second-order valence-corrected chi connectivity index (χ2v) is 8.35. The van der Waals surface area contributed by atoms with Crippen LogP contribution in [0.1, 0.15) is 22.8 Å². The van der Waals surface area contributed by atoms with Gasteiger partial charge in [0.1, 0.15) is 17.0 Å². The molecule has 0 spiro atoms. The number of nitrogens with one attached hydrogen (secondary N) is 2. The highest BCUT2D eigenvalue weighted by molar-refractivity contribution is 6.31. The van der Waals surface area contributed by atoms with E-state index >= 15 is 0 Å². The fourth-order valence-electron chi connectivity index (χ4n) is 4.05. The number of rotatable bonds is 6. The number of halogens is 3. The van der Waals surface area contributed by atoms with Crippen LogP contribution in [0.15, 0.2) is 49.1 Å². The Morgan fingerprint density at radius 3 is 3.03 bits per heavy atom. The Kier molecular flexibility index (Phi) is 6.32. The Balaban J connectivity index is 1.58. The summed E-state index contributed by atoms with van der Waals surface area (Å²) in [7, 11) is 0. The van der Waals surface area contributed by atoms with E-state index in [1.54, 1.807) is 18.5 Å². The highest BCUT2D eigenvalue weighted by Gasteiger charge is 2.28. The normalized spacial score (nSPS) is 18.2. The van der Waals surface area contributed by atoms with Gasteiger partial charge >= 0.3 is 6.61 Å². The first-order chi connectivity index (χ1) is 16.9. The lowest BCUT2D eigenvalue weighted by Crippen LogP contribution is -2.41. The minimum absolute atomic E-state index is 0.159. The number of carbonyl (C=O) groups excluding carboxylic acids is 1. The third-order valence-corrected chi connectivity index (χ3v) is 5.91. The van der Waals surface area contributed by atoms with Gasteiger partial charge in [-0.2, -0.15) is 19.0 Å². The van der Waals surface area contributed by atoms with Crippen LogP contribution in [0.25, 0.3) is 16.9 Å². The largest absolute Gasteiger partial charge is 0.434 e. The molecule has 0 aliphatic carbocycles. The molecule has 1 aliphatic rings. The Labute approximate surface area is 202 Å². The summed E-state index contributed by atoms with van der Waals surface area (Å²) in [6, 6.07) is 5.44. The lowest BCUT2D eigenvalue weighted by molar-refractivity contribution is -0.0494. The molecule has 35 heavy (non-hydrogen) atoms. The van der Waals surface area contributed by atoms with Gasteiger partial charge in [0.05, 0.1) is 24.0 Å². The number of anilines is 1. The van der Waals surface area contributed by atoms with Crippen LogP contribution in [0.4, 0.5) is 14.5 Å². The molecule has 13 heteroatoms. The number of benzene rings is 1. The molecule has 0 radical (unpaired) electrons. The summed E-state index contributed by atoms with van der Waals surface area (Å²) in [5.74, 6) is -0.683. The first kappa shape index (κ1) is 23.1. The lowest BCUT2D eigenvalue weighted by Gasteiger charge is -2.28. The molecule has 182 valence electrons. The van der Waals surface area contributed by atoms with Gasteiger partial charge in [0.25, 0.3) is 5.91 Å². The zero-order valence-corrected chi connectivity index (χ0v) is 18.9. The van der Waals surface area contributed by atoms with E-state index in [1.165, 1.54) is 39.8 Å². The van der Waals surface area contributed by atoms with Crippen LogP contribution in [0.5, 0.6) is 5.75 Å². The molecular weight excluding hydrogens is 484 g/mol. The van der Waals surface area contributed by atoms with Gasteiger partial charge in [0, 0.05) is 35.7 Å². The maximum absolute atomic E-state index is 13.2. The SMILES string of the molecule is O=C(Nc1cn([C@@H]2CCNC[C@H]2O)nc1-c1cc(Cl)ccc1OC(F)F)c1cnn2cccnc12. The number of carbonyl (C=O) groups is 1. The molecular formula is C22H20ClF2N7O3. The summed E-state index contributed by atoms with van der Waals surface area (Å²) >= 11 is 6.15. The van der Waals surface area contributed by atoms with Gasteiger partial charge in [-0.1, -0.05) is 11.6 Å². The van der Waals surface area contributed by atoms with Crippen molar-refractivity contribution in [2.75, 3.05) is 18.4 Å². The molecule has 5 rings (SSSR count). The van der Waals surface area contributed by atoms with Crippen LogP contribution in [0.2, 0.25) is 5.02 Å². The molecule has 1 saturated heterocycles. The van der Waals surface area contributed by atoms with E-state index in [4.69, 9.17) is 11.6 Å². The number of hydrogen-bond acceptors (Lipinski definition) is 7. The minimum Gasteiger partial charge on any atom is -0.434 e. The fraction of sp³-hybridized carbons (Fsp3) is 0.273. The topological polar surface area (TPSA) is 119 Å². The number of ether oxygens (including phenoxy) is 1. The fourth-order valence-corrected chi connectivity index (χ4v) is 4.22. The van der Waals surface area contributed by atoms with Crippen LogP contribution in [-0.2, 0) is 0 Å². The smallest absolute Gasteiger partial charge is 0.387 e. The van der Waals surface area contributed by atoms with Crippen molar-refractivity contribution in [2.45, 2.75) is 25.2 Å². The average Bonchev–Trinajstić information content (AvgIpc) is 3.45. The summed E-state index contributed by atoms with van der Waals surface area (Å²) < 4.78 is 33.9. The van der Waals surface area contributed by atoms with E-state index < -0.39 is 24.7 Å². The summed E-state index contributed by atoms with van der Waals surface area (Å²) in [6.07, 6.45) is 5.96. The second-order valence-electron chi connectivity index (χ2n) is 7.92.